The standard InChI is InChI=1S/C18H19F2NO2S/c1-11-8-14(17(19)20)16(9-12(11)2)23-10-13-6-4-5-7-15(13)21-18(24)22-3/h4-9,17H,10H2,1-3H3,(H,21,24). The molecule has 0 atom stereocenters. The lowest BCUT2D eigenvalue weighted by molar-refractivity contribution is 0.144. The predicted octanol–water partition coefficient (Wildman–Crippen LogP) is 5.16. The summed E-state index contributed by atoms with van der Waals surface area (Å²) in [6.07, 6.45) is -2.59. The molecule has 2 aromatic carbocycles. The van der Waals surface area contributed by atoms with E-state index in [0.717, 1.165) is 16.7 Å². The number of anilines is 1. The maximum atomic E-state index is 13.2. The molecule has 0 aromatic heterocycles. The van der Waals surface area contributed by atoms with Crippen LogP contribution in [0.3, 0.4) is 0 Å². The topological polar surface area (TPSA) is 30.5 Å². The van der Waals surface area contributed by atoms with Gasteiger partial charge in [0.05, 0.1) is 12.7 Å². The molecule has 2 aromatic rings. The lowest BCUT2D eigenvalue weighted by Gasteiger charge is -2.16. The maximum Gasteiger partial charge on any atom is 0.267 e. The van der Waals surface area contributed by atoms with E-state index in [9.17, 15) is 8.78 Å². The van der Waals surface area contributed by atoms with Gasteiger partial charge in [-0.3, -0.25) is 0 Å². The number of methoxy groups -OCH3 is 1. The Hall–Kier alpha value is -2.21. The van der Waals surface area contributed by atoms with Crippen molar-refractivity contribution in [3.8, 4) is 5.75 Å². The fraction of sp³-hybridized carbons (Fsp3) is 0.278. The molecule has 0 fully saturated rings. The fourth-order valence-electron chi connectivity index (χ4n) is 2.19. The average molecular weight is 351 g/mol. The summed E-state index contributed by atoms with van der Waals surface area (Å²) < 4.78 is 37.1. The van der Waals surface area contributed by atoms with Gasteiger partial charge in [0.25, 0.3) is 11.6 Å². The van der Waals surface area contributed by atoms with Gasteiger partial charge in [0.15, 0.2) is 0 Å². The Morgan fingerprint density at radius 2 is 1.83 bits per heavy atom. The third kappa shape index (κ3) is 4.41. The number of aryl methyl sites for hydroxylation is 2. The molecule has 0 aliphatic rings. The van der Waals surface area contributed by atoms with E-state index < -0.39 is 6.43 Å². The van der Waals surface area contributed by atoms with Crippen LogP contribution < -0.4 is 10.1 Å². The van der Waals surface area contributed by atoms with Crippen molar-refractivity contribution in [1.29, 1.82) is 0 Å². The van der Waals surface area contributed by atoms with Gasteiger partial charge >= 0.3 is 0 Å². The number of benzene rings is 2. The molecule has 0 amide bonds. The summed E-state index contributed by atoms with van der Waals surface area (Å²) in [6, 6.07) is 10.5. The van der Waals surface area contributed by atoms with Crippen LogP contribution in [0, 0.1) is 13.8 Å². The number of para-hydroxylation sites is 1. The first-order valence-electron chi connectivity index (χ1n) is 7.37. The summed E-state index contributed by atoms with van der Waals surface area (Å²) in [5, 5.41) is 3.16. The summed E-state index contributed by atoms with van der Waals surface area (Å²) in [6.45, 7) is 3.80. The number of thiocarbonyl (C=S) groups is 1. The largest absolute Gasteiger partial charge is 0.488 e. The molecule has 2 rings (SSSR count). The minimum absolute atomic E-state index is 0.101. The number of hydrogen-bond donors (Lipinski definition) is 1. The Kier molecular flexibility index (Phi) is 6.09. The zero-order valence-electron chi connectivity index (χ0n) is 13.7. The summed E-state index contributed by atoms with van der Waals surface area (Å²) in [5.41, 5.74) is 3.12. The van der Waals surface area contributed by atoms with Crippen molar-refractivity contribution in [2.75, 3.05) is 12.4 Å². The van der Waals surface area contributed by atoms with Crippen LogP contribution in [-0.2, 0) is 11.3 Å². The highest BCUT2D eigenvalue weighted by atomic mass is 32.1. The van der Waals surface area contributed by atoms with Crippen LogP contribution in [-0.4, -0.2) is 12.3 Å². The number of rotatable bonds is 5. The van der Waals surface area contributed by atoms with Gasteiger partial charge in [0.2, 0.25) is 0 Å². The second-order valence-electron chi connectivity index (χ2n) is 5.34. The Morgan fingerprint density at radius 3 is 2.50 bits per heavy atom. The molecule has 0 bridgehead atoms. The SMILES string of the molecule is COC(=S)Nc1ccccc1COc1cc(C)c(C)cc1C(F)F. The van der Waals surface area contributed by atoms with E-state index in [1.54, 1.807) is 13.0 Å². The van der Waals surface area contributed by atoms with Crippen LogP contribution in [0.1, 0.15) is 28.7 Å². The van der Waals surface area contributed by atoms with E-state index in [0.29, 0.717) is 5.69 Å². The molecular formula is C18H19F2NO2S. The molecule has 0 aliphatic heterocycles. The first-order valence-corrected chi connectivity index (χ1v) is 7.78. The molecule has 0 radical (unpaired) electrons. The number of hydrogen-bond acceptors (Lipinski definition) is 3. The van der Waals surface area contributed by atoms with Gasteiger partial charge < -0.3 is 14.8 Å². The second-order valence-corrected chi connectivity index (χ2v) is 5.71. The Bertz CT molecular complexity index is 735. The van der Waals surface area contributed by atoms with Crippen molar-refractivity contribution in [3.63, 3.8) is 0 Å². The van der Waals surface area contributed by atoms with E-state index in [4.69, 9.17) is 21.7 Å². The highest BCUT2D eigenvalue weighted by molar-refractivity contribution is 7.80. The van der Waals surface area contributed by atoms with E-state index in [1.165, 1.54) is 13.2 Å². The van der Waals surface area contributed by atoms with Crippen LogP contribution in [0.25, 0.3) is 0 Å². The summed E-state index contributed by atoms with van der Waals surface area (Å²) >= 11 is 4.99. The van der Waals surface area contributed by atoms with E-state index in [1.807, 2.05) is 31.2 Å². The van der Waals surface area contributed by atoms with Gasteiger partial charge in [0, 0.05) is 11.3 Å². The Balaban J connectivity index is 2.23. The number of ether oxygens (including phenoxy) is 2. The zero-order chi connectivity index (χ0) is 17.7. The summed E-state index contributed by atoms with van der Waals surface area (Å²) in [4.78, 5) is 0. The highest BCUT2D eigenvalue weighted by Crippen LogP contribution is 2.32. The summed E-state index contributed by atoms with van der Waals surface area (Å²) in [7, 11) is 1.47. The predicted molar refractivity (Wildman–Crippen MR) is 94.9 cm³/mol. The molecule has 128 valence electrons. The minimum atomic E-state index is -2.59. The van der Waals surface area contributed by atoms with Crippen LogP contribution in [0.15, 0.2) is 36.4 Å². The first kappa shape index (κ1) is 18.1. The van der Waals surface area contributed by atoms with Gasteiger partial charge in [-0.15, -0.1) is 0 Å². The van der Waals surface area contributed by atoms with Crippen LogP contribution in [0.2, 0.25) is 0 Å². The first-order chi connectivity index (χ1) is 11.4. The van der Waals surface area contributed by atoms with Crippen molar-refractivity contribution in [1.82, 2.24) is 0 Å². The molecule has 1 N–H and O–H groups in total. The van der Waals surface area contributed by atoms with Crippen molar-refractivity contribution in [2.24, 2.45) is 0 Å². The van der Waals surface area contributed by atoms with Crippen LogP contribution in [0.5, 0.6) is 5.75 Å². The lowest BCUT2D eigenvalue weighted by Crippen LogP contribution is -2.13. The Labute approximate surface area is 145 Å². The van der Waals surface area contributed by atoms with Gasteiger partial charge in [0.1, 0.15) is 12.4 Å². The molecule has 0 unspecified atom stereocenters. The lowest BCUT2D eigenvalue weighted by atomic mass is 10.1. The molecule has 0 spiro atoms. The molecule has 0 aliphatic carbocycles. The zero-order valence-corrected chi connectivity index (χ0v) is 14.5. The van der Waals surface area contributed by atoms with E-state index >= 15 is 0 Å². The summed E-state index contributed by atoms with van der Waals surface area (Å²) in [5.74, 6) is 0.192. The number of halogens is 2. The molecule has 0 heterocycles. The highest BCUT2D eigenvalue weighted by Gasteiger charge is 2.16. The third-order valence-corrected chi connectivity index (χ3v) is 3.95. The smallest absolute Gasteiger partial charge is 0.267 e. The molecule has 0 saturated heterocycles. The van der Waals surface area contributed by atoms with Crippen molar-refractivity contribution in [3.05, 3.63) is 58.7 Å². The third-order valence-electron chi connectivity index (χ3n) is 3.68. The molecule has 6 heteroatoms. The van der Waals surface area contributed by atoms with Crippen molar-refractivity contribution < 1.29 is 18.3 Å². The van der Waals surface area contributed by atoms with E-state index in [-0.39, 0.29) is 23.1 Å². The van der Waals surface area contributed by atoms with Gasteiger partial charge in [-0.2, -0.15) is 0 Å². The number of alkyl halides is 2. The quantitative estimate of drug-likeness (QED) is 0.754. The maximum absolute atomic E-state index is 13.2. The normalized spacial score (nSPS) is 10.6. The second kappa shape index (κ2) is 8.06. The van der Waals surface area contributed by atoms with Crippen LogP contribution in [0.4, 0.5) is 14.5 Å². The van der Waals surface area contributed by atoms with Crippen molar-refractivity contribution in [2.45, 2.75) is 26.9 Å². The monoisotopic (exact) mass is 351 g/mol. The average Bonchev–Trinajstić information content (AvgIpc) is 2.56. The molecular weight excluding hydrogens is 332 g/mol. The minimum Gasteiger partial charge on any atom is -0.488 e. The van der Waals surface area contributed by atoms with E-state index in [2.05, 4.69) is 5.32 Å². The molecule has 3 nitrogen and oxygen atoms in total. The van der Waals surface area contributed by atoms with Crippen LogP contribution >= 0.6 is 12.2 Å². The number of nitrogens with one attached hydrogen (secondary N) is 1. The van der Waals surface area contributed by atoms with Gasteiger partial charge in [-0.1, -0.05) is 18.2 Å². The van der Waals surface area contributed by atoms with Crippen molar-refractivity contribution >= 4 is 23.1 Å². The van der Waals surface area contributed by atoms with Gasteiger partial charge in [-0.25, -0.2) is 8.78 Å². The molecule has 0 saturated carbocycles. The Morgan fingerprint density at radius 1 is 1.17 bits per heavy atom. The fourth-order valence-corrected chi connectivity index (χ4v) is 2.30. The van der Waals surface area contributed by atoms with Gasteiger partial charge in [-0.05, 0) is 55.4 Å². The molecule has 24 heavy (non-hydrogen) atoms.